The van der Waals surface area contributed by atoms with E-state index in [-0.39, 0.29) is 28.6 Å². The number of quaternary nitrogens is 1. The van der Waals surface area contributed by atoms with E-state index in [4.69, 9.17) is 0 Å². The van der Waals surface area contributed by atoms with Gasteiger partial charge < -0.3 is 21.5 Å². The van der Waals surface area contributed by atoms with Crippen molar-refractivity contribution in [1.82, 2.24) is 4.31 Å². The van der Waals surface area contributed by atoms with Crippen LogP contribution in [0.1, 0.15) is 57.4 Å². The quantitative estimate of drug-likeness (QED) is 0.353. The summed E-state index contributed by atoms with van der Waals surface area (Å²) in [5.74, 6) is 0.0605. The topological polar surface area (TPSA) is 37.4 Å². The Hall–Kier alpha value is -0.500. The molecule has 7 heteroatoms. The van der Waals surface area contributed by atoms with E-state index >= 15 is 0 Å². The van der Waals surface area contributed by atoms with Crippen molar-refractivity contribution in [3.63, 3.8) is 0 Å². The molecule has 2 rings (SSSR count). The van der Waals surface area contributed by atoms with Gasteiger partial charge in [0.1, 0.15) is 12.4 Å². The molecule has 1 saturated heterocycles. The molecule has 1 aromatic carbocycles. The van der Waals surface area contributed by atoms with Crippen LogP contribution in [0.5, 0.6) is 0 Å². The minimum Gasteiger partial charge on any atom is -1.00 e. The molecule has 162 valence electrons. The first-order chi connectivity index (χ1) is 12.8. The van der Waals surface area contributed by atoms with Crippen molar-refractivity contribution in [1.29, 1.82) is 0 Å². The van der Waals surface area contributed by atoms with Crippen LogP contribution in [0.2, 0.25) is 0 Å². The summed E-state index contributed by atoms with van der Waals surface area (Å²) in [5.41, 5.74) is 1.10. The molecule has 4 nitrogen and oxygen atoms in total. The Morgan fingerprint density at radius 2 is 1.50 bits per heavy atom. The summed E-state index contributed by atoms with van der Waals surface area (Å²) in [5, 5.41) is 0. The van der Waals surface area contributed by atoms with Gasteiger partial charge in [-0.2, -0.15) is 4.31 Å². The summed E-state index contributed by atoms with van der Waals surface area (Å²) >= 11 is 0. The zero-order valence-electron chi connectivity index (χ0n) is 17.4. The van der Waals surface area contributed by atoms with Crippen molar-refractivity contribution in [2.24, 2.45) is 0 Å². The number of nitrogens with zero attached hydrogens (tertiary/aromatic N) is 2. The molecule has 0 spiro atoms. The Kier molecular flexibility index (Phi) is 11.2. The first-order valence-electron chi connectivity index (χ1n) is 10.4. The number of rotatable bonds is 11. The van der Waals surface area contributed by atoms with Crippen molar-refractivity contribution in [2.45, 2.75) is 58.4 Å². The summed E-state index contributed by atoms with van der Waals surface area (Å²) in [4.78, 5) is 0. The van der Waals surface area contributed by atoms with Crippen molar-refractivity contribution in [2.75, 3.05) is 39.0 Å². The van der Waals surface area contributed by atoms with E-state index in [0.29, 0.717) is 13.1 Å². The van der Waals surface area contributed by atoms with Gasteiger partial charge in [0.15, 0.2) is 0 Å². The van der Waals surface area contributed by atoms with E-state index in [0.717, 1.165) is 48.9 Å². The van der Waals surface area contributed by atoms with Crippen molar-refractivity contribution in [3.05, 3.63) is 35.6 Å². The van der Waals surface area contributed by atoms with Gasteiger partial charge >= 0.3 is 0 Å². The predicted octanol–water partition coefficient (Wildman–Crippen LogP) is 1.17. The van der Waals surface area contributed by atoms with Gasteiger partial charge in [-0.3, -0.25) is 0 Å². The Morgan fingerprint density at radius 3 is 2.07 bits per heavy atom. The number of unbranched alkanes of at least 4 members (excludes halogenated alkanes) is 6. The van der Waals surface area contributed by atoms with Gasteiger partial charge in [0, 0.05) is 5.56 Å². The molecule has 0 bridgehead atoms. The molecule has 0 saturated carbocycles. The SMILES string of the molecule is CCCCCCCCCS(=O)(=O)N1CC[N+](C)(Cc2ccc(F)cc2)CC1.[Br-]. The highest BCUT2D eigenvalue weighted by Crippen LogP contribution is 2.19. The lowest BCUT2D eigenvalue weighted by molar-refractivity contribution is -0.925. The molecule has 1 fully saturated rings. The van der Waals surface area contributed by atoms with Crippen LogP contribution in [0, 0.1) is 5.82 Å². The van der Waals surface area contributed by atoms with Crippen molar-refractivity contribution < 1.29 is 34.3 Å². The van der Waals surface area contributed by atoms with Crippen LogP contribution in [0.4, 0.5) is 4.39 Å². The van der Waals surface area contributed by atoms with Gasteiger partial charge in [0.05, 0.1) is 39.0 Å². The molecular weight excluding hydrogens is 443 g/mol. The summed E-state index contributed by atoms with van der Waals surface area (Å²) in [6.07, 6.45) is 7.92. The Morgan fingerprint density at radius 1 is 0.964 bits per heavy atom. The minimum absolute atomic E-state index is 0. The van der Waals surface area contributed by atoms with Crippen LogP contribution in [-0.2, 0) is 16.6 Å². The maximum absolute atomic E-state index is 13.1. The molecule has 1 aliphatic rings. The maximum atomic E-state index is 13.1. The number of hydrogen-bond acceptors (Lipinski definition) is 2. The third kappa shape index (κ3) is 8.47. The van der Waals surface area contributed by atoms with Gasteiger partial charge in [0.2, 0.25) is 10.0 Å². The predicted molar refractivity (Wildman–Crippen MR) is 109 cm³/mol. The third-order valence-corrected chi connectivity index (χ3v) is 7.61. The summed E-state index contributed by atoms with van der Waals surface area (Å²) in [6.45, 7) is 5.77. The summed E-state index contributed by atoms with van der Waals surface area (Å²) < 4.78 is 40.8. The van der Waals surface area contributed by atoms with Gasteiger partial charge in [-0.25, -0.2) is 12.8 Å². The second-order valence-electron chi connectivity index (χ2n) is 8.19. The summed E-state index contributed by atoms with van der Waals surface area (Å²) in [7, 11) is -0.979. The number of piperazine rings is 1. The largest absolute Gasteiger partial charge is 1.00 e. The van der Waals surface area contributed by atoms with E-state index < -0.39 is 10.0 Å². The normalized spacial score (nSPS) is 17.2. The average Bonchev–Trinajstić information content (AvgIpc) is 2.63. The van der Waals surface area contributed by atoms with Gasteiger partial charge in [-0.1, -0.05) is 57.6 Å². The molecular formula is C21H36BrFN2O2S. The number of hydrogen-bond donors (Lipinski definition) is 0. The number of sulfonamides is 1. The fraction of sp³-hybridized carbons (Fsp3) is 0.714. The molecule has 0 radical (unpaired) electrons. The first-order valence-corrected chi connectivity index (χ1v) is 12.0. The van der Waals surface area contributed by atoms with Gasteiger partial charge in [-0.05, 0) is 18.6 Å². The monoisotopic (exact) mass is 478 g/mol. The molecule has 0 N–H and O–H groups in total. The molecule has 1 aromatic rings. The fourth-order valence-electron chi connectivity index (χ4n) is 3.77. The molecule has 0 atom stereocenters. The molecule has 28 heavy (non-hydrogen) atoms. The molecule has 1 aliphatic heterocycles. The van der Waals surface area contributed by atoms with E-state index in [1.54, 1.807) is 4.31 Å². The highest BCUT2D eigenvalue weighted by Gasteiger charge is 2.34. The standard InChI is InChI=1S/C21H36FN2O2S.BrH/c1-3-4-5-6-7-8-9-18-27(25,26)23-14-16-24(2,17-15-23)19-20-10-12-21(22)13-11-20;/h10-13H,3-9,14-19H2,1-2H3;1H/q+1;/p-1. The van der Waals surface area contributed by atoms with E-state index in [1.165, 1.54) is 37.8 Å². The number of benzene rings is 1. The third-order valence-electron chi connectivity index (χ3n) is 5.66. The van der Waals surface area contributed by atoms with E-state index in [9.17, 15) is 12.8 Å². The van der Waals surface area contributed by atoms with Crippen LogP contribution in [0.3, 0.4) is 0 Å². The molecule has 0 aliphatic carbocycles. The Bertz CT molecular complexity index is 659. The maximum Gasteiger partial charge on any atom is 0.214 e. The van der Waals surface area contributed by atoms with E-state index in [1.807, 2.05) is 12.1 Å². The van der Waals surface area contributed by atoms with Crippen molar-refractivity contribution >= 4 is 10.0 Å². The summed E-state index contributed by atoms with van der Waals surface area (Å²) in [6, 6.07) is 6.62. The van der Waals surface area contributed by atoms with Crippen LogP contribution >= 0.6 is 0 Å². The van der Waals surface area contributed by atoms with Crippen LogP contribution < -0.4 is 17.0 Å². The van der Waals surface area contributed by atoms with Gasteiger partial charge in [0.25, 0.3) is 0 Å². The second-order valence-corrected chi connectivity index (χ2v) is 10.3. The molecule has 1 heterocycles. The fourth-order valence-corrected chi connectivity index (χ4v) is 5.31. The lowest BCUT2D eigenvalue weighted by Crippen LogP contribution is -3.00. The second kappa shape index (κ2) is 12.3. The van der Waals surface area contributed by atoms with Crippen LogP contribution in [0.25, 0.3) is 0 Å². The van der Waals surface area contributed by atoms with Crippen LogP contribution in [-0.4, -0.2) is 56.2 Å². The minimum atomic E-state index is -3.14. The highest BCUT2D eigenvalue weighted by atomic mass is 79.9. The average molecular weight is 480 g/mol. The zero-order valence-corrected chi connectivity index (χ0v) is 19.8. The zero-order chi connectivity index (χ0) is 19.8. The smallest absolute Gasteiger partial charge is 0.214 e. The molecule has 0 amide bonds. The number of halogens is 2. The molecule has 0 unspecified atom stereocenters. The Balaban J connectivity index is 0.00000392. The van der Waals surface area contributed by atoms with Crippen LogP contribution in [0.15, 0.2) is 24.3 Å². The van der Waals surface area contributed by atoms with E-state index in [2.05, 4.69) is 14.0 Å². The Labute approximate surface area is 181 Å². The number of likely N-dealkylation sites (N-methyl/N-ethyl adjacent to an activating group) is 1. The lowest BCUT2D eigenvalue weighted by Gasteiger charge is -2.41. The first kappa shape index (κ1) is 25.5. The van der Waals surface area contributed by atoms with Crippen molar-refractivity contribution in [3.8, 4) is 0 Å². The molecule has 0 aromatic heterocycles. The van der Waals surface area contributed by atoms with Gasteiger partial charge in [-0.15, -0.1) is 0 Å². The highest BCUT2D eigenvalue weighted by molar-refractivity contribution is 7.89. The lowest BCUT2D eigenvalue weighted by atomic mass is 10.1.